The van der Waals surface area contributed by atoms with Gasteiger partial charge in [-0.2, -0.15) is 0 Å². The summed E-state index contributed by atoms with van der Waals surface area (Å²) in [7, 11) is 5.55. The van der Waals surface area contributed by atoms with Crippen LogP contribution in [-0.4, -0.2) is 44.6 Å². The van der Waals surface area contributed by atoms with Crippen LogP contribution in [0.1, 0.15) is 16.6 Å². The van der Waals surface area contributed by atoms with Gasteiger partial charge >= 0.3 is 0 Å². The molecule has 1 aromatic heterocycles. The Morgan fingerprint density at radius 2 is 2.19 bits per heavy atom. The highest BCUT2D eigenvalue weighted by atomic mass is 32.1. The van der Waals surface area contributed by atoms with E-state index >= 15 is 0 Å². The second-order valence-corrected chi connectivity index (χ2v) is 6.37. The number of carbonyl (C=O) groups excluding carboxylic acids is 1. The Balaban J connectivity index is 2.30. The second-order valence-electron chi connectivity index (χ2n) is 5.32. The predicted octanol–water partition coefficient (Wildman–Crippen LogP) is 2.17. The number of nitrogens with one attached hydrogen (secondary N) is 1. The number of nitrogens with two attached hydrogens (primary N) is 1. The normalized spacial score (nSPS) is 12.6. The molecule has 0 saturated heterocycles. The topological polar surface area (TPSA) is 67.6 Å². The Labute approximate surface area is 128 Å². The van der Waals surface area contributed by atoms with Crippen LogP contribution in [0.2, 0.25) is 0 Å². The molecule has 0 saturated carbocycles. The largest absolute Gasteiger partial charge is 0.496 e. The molecule has 0 bridgehead atoms. The molecule has 114 valence electrons. The van der Waals surface area contributed by atoms with Crippen LogP contribution in [0, 0.1) is 0 Å². The molecule has 0 radical (unpaired) electrons. The molecule has 6 heteroatoms. The van der Waals surface area contributed by atoms with Crippen molar-refractivity contribution in [2.75, 3.05) is 33.5 Å². The lowest BCUT2D eigenvalue weighted by Crippen LogP contribution is -2.39. The predicted molar refractivity (Wildman–Crippen MR) is 88.3 cm³/mol. The molecule has 1 unspecified atom stereocenters. The van der Waals surface area contributed by atoms with Crippen molar-refractivity contribution in [1.82, 2.24) is 10.2 Å². The third-order valence-corrected chi connectivity index (χ3v) is 4.33. The highest BCUT2D eigenvalue weighted by Gasteiger charge is 2.20. The molecule has 1 atom stereocenters. The number of fused-ring (bicyclic) bond motifs is 1. The van der Waals surface area contributed by atoms with E-state index in [2.05, 4.69) is 5.32 Å². The van der Waals surface area contributed by atoms with Gasteiger partial charge in [-0.25, -0.2) is 0 Å². The van der Waals surface area contributed by atoms with Crippen molar-refractivity contribution in [3.05, 3.63) is 23.1 Å². The third-order valence-electron chi connectivity index (χ3n) is 3.16. The van der Waals surface area contributed by atoms with Crippen molar-refractivity contribution in [3.8, 4) is 5.75 Å². The fraction of sp³-hybridized carbons (Fsp3) is 0.400. The summed E-state index contributed by atoms with van der Waals surface area (Å²) in [6.07, 6.45) is 0. The summed E-state index contributed by atoms with van der Waals surface area (Å²) < 4.78 is 6.28. The van der Waals surface area contributed by atoms with Gasteiger partial charge < -0.3 is 20.7 Å². The van der Waals surface area contributed by atoms with Crippen LogP contribution in [0.25, 0.3) is 10.1 Å². The van der Waals surface area contributed by atoms with Crippen LogP contribution in [0.5, 0.6) is 5.75 Å². The van der Waals surface area contributed by atoms with E-state index in [1.54, 1.807) is 7.11 Å². The molecule has 21 heavy (non-hydrogen) atoms. The average molecular weight is 307 g/mol. The van der Waals surface area contributed by atoms with Gasteiger partial charge in [-0.15, -0.1) is 11.3 Å². The van der Waals surface area contributed by atoms with Crippen LogP contribution >= 0.6 is 11.3 Å². The van der Waals surface area contributed by atoms with E-state index in [1.165, 1.54) is 11.3 Å². The monoisotopic (exact) mass is 307 g/mol. The molecule has 1 aromatic carbocycles. The number of likely N-dealkylation sites (N-methyl/N-ethyl adjacent to an activating group) is 1. The van der Waals surface area contributed by atoms with Crippen molar-refractivity contribution in [3.63, 3.8) is 0 Å². The third kappa shape index (κ3) is 3.28. The number of nitrogen functional groups attached to an aromatic ring is 1. The lowest BCUT2D eigenvalue weighted by Gasteiger charge is -2.18. The molecule has 0 aliphatic carbocycles. The van der Waals surface area contributed by atoms with Crippen molar-refractivity contribution in [2.24, 2.45) is 0 Å². The molecule has 0 aliphatic rings. The summed E-state index contributed by atoms with van der Waals surface area (Å²) in [4.78, 5) is 15.0. The SMILES string of the molecule is COc1cccc2sc(C(=O)NC(C)CN(C)C)c(N)c12. The van der Waals surface area contributed by atoms with Gasteiger partial charge in [0.2, 0.25) is 0 Å². The average Bonchev–Trinajstić information content (AvgIpc) is 2.75. The standard InChI is InChI=1S/C15H21N3O2S/c1-9(8-18(2)3)17-15(19)14-13(16)12-10(20-4)6-5-7-11(12)21-14/h5-7,9H,8,16H2,1-4H3,(H,17,19). The summed E-state index contributed by atoms with van der Waals surface area (Å²) in [5.41, 5.74) is 6.64. The Kier molecular flexibility index (Phi) is 4.69. The molecule has 5 nitrogen and oxygen atoms in total. The molecular weight excluding hydrogens is 286 g/mol. The molecule has 0 aliphatic heterocycles. The fourth-order valence-electron chi connectivity index (χ4n) is 2.36. The van der Waals surface area contributed by atoms with Crippen molar-refractivity contribution in [2.45, 2.75) is 13.0 Å². The summed E-state index contributed by atoms with van der Waals surface area (Å²) in [6.45, 7) is 2.75. The minimum absolute atomic E-state index is 0.0546. The van der Waals surface area contributed by atoms with E-state index in [1.807, 2.05) is 44.1 Å². The summed E-state index contributed by atoms with van der Waals surface area (Å²) in [6, 6.07) is 5.74. The number of ether oxygens (including phenoxy) is 1. The Bertz CT molecular complexity index is 652. The van der Waals surface area contributed by atoms with Crippen LogP contribution in [0.4, 0.5) is 5.69 Å². The molecule has 2 aromatic rings. The Hall–Kier alpha value is -1.79. The number of nitrogens with zero attached hydrogens (tertiary/aromatic N) is 1. The molecule has 0 fully saturated rings. The number of carbonyl (C=O) groups is 1. The Morgan fingerprint density at radius 3 is 2.81 bits per heavy atom. The van der Waals surface area contributed by atoms with E-state index in [9.17, 15) is 4.79 Å². The molecular formula is C15H21N3O2S. The molecule has 1 heterocycles. The van der Waals surface area contributed by atoms with Gasteiger partial charge in [-0.05, 0) is 33.2 Å². The first kappa shape index (κ1) is 15.6. The van der Waals surface area contributed by atoms with Gasteiger partial charge in [0.05, 0.1) is 18.2 Å². The van der Waals surface area contributed by atoms with Crippen molar-refractivity contribution >= 4 is 33.0 Å². The number of rotatable bonds is 5. The number of hydrogen-bond donors (Lipinski definition) is 2. The number of hydrogen-bond acceptors (Lipinski definition) is 5. The van der Waals surface area contributed by atoms with Gasteiger partial charge in [0.25, 0.3) is 5.91 Å². The number of benzene rings is 1. The maximum absolute atomic E-state index is 12.4. The zero-order valence-electron chi connectivity index (χ0n) is 12.8. The number of methoxy groups -OCH3 is 1. The summed E-state index contributed by atoms with van der Waals surface area (Å²) in [5, 5.41) is 3.79. The van der Waals surface area contributed by atoms with Crippen LogP contribution in [-0.2, 0) is 0 Å². The minimum atomic E-state index is -0.134. The summed E-state index contributed by atoms with van der Waals surface area (Å²) >= 11 is 1.39. The molecule has 3 N–H and O–H groups in total. The first-order valence-electron chi connectivity index (χ1n) is 6.74. The van der Waals surface area contributed by atoms with E-state index in [0.717, 1.165) is 16.6 Å². The van der Waals surface area contributed by atoms with Gasteiger partial charge in [0.15, 0.2) is 0 Å². The van der Waals surface area contributed by atoms with Crippen LogP contribution < -0.4 is 15.8 Å². The van der Waals surface area contributed by atoms with Crippen molar-refractivity contribution < 1.29 is 9.53 Å². The van der Waals surface area contributed by atoms with E-state index in [-0.39, 0.29) is 11.9 Å². The molecule has 1 amide bonds. The molecule has 0 spiro atoms. The second kappa shape index (κ2) is 6.32. The summed E-state index contributed by atoms with van der Waals surface area (Å²) in [5.74, 6) is 0.562. The Morgan fingerprint density at radius 1 is 1.48 bits per heavy atom. The van der Waals surface area contributed by atoms with Gasteiger partial charge in [-0.1, -0.05) is 6.07 Å². The zero-order chi connectivity index (χ0) is 15.6. The first-order valence-corrected chi connectivity index (χ1v) is 7.56. The lowest BCUT2D eigenvalue weighted by molar-refractivity contribution is 0.0939. The minimum Gasteiger partial charge on any atom is -0.496 e. The van der Waals surface area contributed by atoms with Crippen LogP contribution in [0.3, 0.4) is 0 Å². The highest BCUT2D eigenvalue weighted by molar-refractivity contribution is 7.21. The van der Waals surface area contributed by atoms with E-state index in [4.69, 9.17) is 10.5 Å². The number of amides is 1. The van der Waals surface area contributed by atoms with Gasteiger partial charge in [0.1, 0.15) is 10.6 Å². The highest BCUT2D eigenvalue weighted by Crippen LogP contribution is 2.39. The van der Waals surface area contributed by atoms with Crippen LogP contribution in [0.15, 0.2) is 18.2 Å². The van der Waals surface area contributed by atoms with Gasteiger partial charge in [-0.3, -0.25) is 4.79 Å². The first-order chi connectivity index (χ1) is 9.93. The van der Waals surface area contributed by atoms with E-state index in [0.29, 0.717) is 16.3 Å². The fourth-order valence-corrected chi connectivity index (χ4v) is 3.40. The number of anilines is 1. The van der Waals surface area contributed by atoms with Gasteiger partial charge in [0, 0.05) is 17.3 Å². The zero-order valence-corrected chi connectivity index (χ0v) is 13.6. The lowest BCUT2D eigenvalue weighted by atomic mass is 10.2. The van der Waals surface area contributed by atoms with Crippen molar-refractivity contribution in [1.29, 1.82) is 0 Å². The molecule has 2 rings (SSSR count). The maximum Gasteiger partial charge on any atom is 0.263 e. The maximum atomic E-state index is 12.4. The quantitative estimate of drug-likeness (QED) is 0.888. The smallest absolute Gasteiger partial charge is 0.263 e. The number of thiophene rings is 1. The van der Waals surface area contributed by atoms with E-state index < -0.39 is 0 Å².